The molecule has 102 valence electrons. The number of aromatic nitrogens is 2. The van der Waals surface area contributed by atoms with E-state index in [9.17, 15) is 5.26 Å². The molecule has 2 aromatic rings. The first-order valence-corrected chi connectivity index (χ1v) is 6.67. The molecule has 0 unspecified atom stereocenters. The fourth-order valence-electron chi connectivity index (χ4n) is 1.72. The average molecular weight is 307 g/mol. The fourth-order valence-corrected chi connectivity index (χ4v) is 2.19. The molecule has 0 saturated heterocycles. The van der Waals surface area contributed by atoms with Crippen molar-refractivity contribution in [3.63, 3.8) is 0 Å². The van der Waals surface area contributed by atoms with Gasteiger partial charge in [0.1, 0.15) is 11.6 Å². The molecular formula is C14H12Cl2N4. The second-order valence-electron chi connectivity index (χ2n) is 4.42. The van der Waals surface area contributed by atoms with Crippen LogP contribution < -0.4 is 5.32 Å². The maximum atomic E-state index is 9.27. The minimum Gasteiger partial charge on any atom is -0.335 e. The van der Waals surface area contributed by atoms with E-state index in [4.69, 9.17) is 23.2 Å². The summed E-state index contributed by atoms with van der Waals surface area (Å²) in [6.07, 6.45) is 0. The van der Waals surface area contributed by atoms with Crippen molar-refractivity contribution in [2.45, 2.75) is 20.8 Å². The van der Waals surface area contributed by atoms with Gasteiger partial charge in [-0.1, -0.05) is 29.3 Å². The van der Waals surface area contributed by atoms with Gasteiger partial charge in [0.15, 0.2) is 5.82 Å². The molecule has 20 heavy (non-hydrogen) atoms. The molecule has 4 nitrogen and oxygen atoms in total. The van der Waals surface area contributed by atoms with Crippen LogP contribution in [0.4, 0.5) is 11.5 Å². The van der Waals surface area contributed by atoms with Gasteiger partial charge in [-0.3, -0.25) is 0 Å². The zero-order chi connectivity index (χ0) is 14.9. The Balaban J connectivity index is 2.55. The number of benzene rings is 1. The SMILES string of the molecule is Cc1ccc(Cl)c(Nc2nnc(C)c(C)c2C#N)c1Cl. The van der Waals surface area contributed by atoms with E-state index in [2.05, 4.69) is 21.6 Å². The predicted molar refractivity (Wildman–Crippen MR) is 80.7 cm³/mol. The second-order valence-corrected chi connectivity index (χ2v) is 5.21. The quantitative estimate of drug-likeness (QED) is 0.897. The van der Waals surface area contributed by atoms with Gasteiger partial charge in [-0.2, -0.15) is 10.4 Å². The van der Waals surface area contributed by atoms with E-state index in [-0.39, 0.29) is 0 Å². The molecule has 0 atom stereocenters. The number of nitrogens with zero attached hydrogens (tertiary/aromatic N) is 3. The van der Waals surface area contributed by atoms with Crippen LogP contribution in [0.1, 0.15) is 22.4 Å². The van der Waals surface area contributed by atoms with Crippen LogP contribution in [-0.4, -0.2) is 10.2 Å². The largest absolute Gasteiger partial charge is 0.335 e. The maximum Gasteiger partial charge on any atom is 0.171 e. The van der Waals surface area contributed by atoms with Crippen molar-refractivity contribution >= 4 is 34.7 Å². The molecular weight excluding hydrogens is 295 g/mol. The number of nitrogens with one attached hydrogen (secondary N) is 1. The molecule has 1 heterocycles. The first-order chi connectivity index (χ1) is 9.45. The van der Waals surface area contributed by atoms with Crippen LogP contribution in [0.5, 0.6) is 0 Å². The van der Waals surface area contributed by atoms with E-state index >= 15 is 0 Å². The third kappa shape index (κ3) is 2.55. The topological polar surface area (TPSA) is 61.6 Å². The van der Waals surface area contributed by atoms with Crippen molar-refractivity contribution < 1.29 is 0 Å². The summed E-state index contributed by atoms with van der Waals surface area (Å²) in [6.45, 7) is 5.51. The monoisotopic (exact) mass is 306 g/mol. The van der Waals surface area contributed by atoms with Gasteiger partial charge in [-0.15, -0.1) is 5.10 Å². The van der Waals surface area contributed by atoms with E-state index in [0.29, 0.717) is 32.8 Å². The molecule has 0 aliphatic carbocycles. The van der Waals surface area contributed by atoms with Gasteiger partial charge in [0, 0.05) is 0 Å². The summed E-state index contributed by atoms with van der Waals surface area (Å²) in [5, 5.41) is 21.3. The minimum atomic E-state index is 0.352. The lowest BCUT2D eigenvalue weighted by Crippen LogP contribution is -2.04. The zero-order valence-corrected chi connectivity index (χ0v) is 12.8. The number of halogens is 2. The predicted octanol–water partition coefficient (Wildman–Crippen LogP) is 4.32. The van der Waals surface area contributed by atoms with Crippen molar-refractivity contribution in [2.24, 2.45) is 0 Å². The van der Waals surface area contributed by atoms with Crippen LogP contribution in [-0.2, 0) is 0 Å². The number of hydrogen-bond donors (Lipinski definition) is 1. The number of nitriles is 1. The molecule has 6 heteroatoms. The van der Waals surface area contributed by atoms with Gasteiger partial charge in [-0.05, 0) is 38.0 Å². The Morgan fingerprint density at radius 2 is 1.85 bits per heavy atom. The van der Waals surface area contributed by atoms with Gasteiger partial charge in [-0.25, -0.2) is 0 Å². The molecule has 0 radical (unpaired) electrons. The Bertz CT molecular complexity index is 720. The van der Waals surface area contributed by atoms with E-state index in [1.807, 2.05) is 19.9 Å². The maximum absolute atomic E-state index is 9.27. The molecule has 0 amide bonds. The molecule has 1 N–H and O–H groups in total. The lowest BCUT2D eigenvalue weighted by molar-refractivity contribution is 0.960. The molecule has 0 aliphatic rings. The second kappa shape index (κ2) is 5.66. The van der Waals surface area contributed by atoms with Crippen LogP contribution in [0.2, 0.25) is 10.0 Å². The molecule has 2 rings (SSSR count). The molecule has 0 saturated carbocycles. The van der Waals surface area contributed by atoms with Crippen molar-refractivity contribution in [1.82, 2.24) is 10.2 Å². The zero-order valence-electron chi connectivity index (χ0n) is 11.3. The summed E-state index contributed by atoms with van der Waals surface area (Å²) >= 11 is 12.4. The van der Waals surface area contributed by atoms with E-state index in [1.54, 1.807) is 13.0 Å². The Kier molecular flexibility index (Phi) is 4.12. The Hall–Kier alpha value is -1.83. The molecule has 0 aliphatic heterocycles. The molecule has 0 fully saturated rings. The summed E-state index contributed by atoms with van der Waals surface area (Å²) in [5.74, 6) is 0.352. The van der Waals surface area contributed by atoms with Crippen LogP contribution in [0.15, 0.2) is 12.1 Å². The van der Waals surface area contributed by atoms with Crippen molar-refractivity contribution in [2.75, 3.05) is 5.32 Å². The van der Waals surface area contributed by atoms with Crippen LogP contribution in [0.3, 0.4) is 0 Å². The van der Waals surface area contributed by atoms with Gasteiger partial charge in [0.2, 0.25) is 0 Å². The number of anilines is 2. The highest BCUT2D eigenvalue weighted by atomic mass is 35.5. The van der Waals surface area contributed by atoms with Crippen molar-refractivity contribution in [3.05, 3.63) is 44.6 Å². The van der Waals surface area contributed by atoms with E-state index < -0.39 is 0 Å². The smallest absolute Gasteiger partial charge is 0.171 e. The molecule has 1 aromatic carbocycles. The van der Waals surface area contributed by atoms with Gasteiger partial charge < -0.3 is 5.32 Å². The summed E-state index contributed by atoms with van der Waals surface area (Å²) in [5.41, 5.74) is 3.35. The Morgan fingerprint density at radius 3 is 2.50 bits per heavy atom. The van der Waals surface area contributed by atoms with Crippen LogP contribution >= 0.6 is 23.2 Å². The fraction of sp³-hybridized carbons (Fsp3) is 0.214. The Morgan fingerprint density at radius 1 is 1.15 bits per heavy atom. The number of aryl methyl sites for hydroxylation is 2. The minimum absolute atomic E-state index is 0.352. The lowest BCUT2D eigenvalue weighted by atomic mass is 10.1. The highest BCUT2D eigenvalue weighted by Crippen LogP contribution is 2.35. The summed E-state index contributed by atoms with van der Waals surface area (Å²) in [7, 11) is 0. The van der Waals surface area contributed by atoms with Gasteiger partial charge >= 0.3 is 0 Å². The molecule has 1 aromatic heterocycles. The first-order valence-electron chi connectivity index (χ1n) is 5.91. The highest BCUT2D eigenvalue weighted by molar-refractivity contribution is 6.39. The standard InChI is InChI=1S/C14H12Cl2N4/c1-7-4-5-11(15)13(12(7)16)18-14-10(6-17)8(2)9(3)19-20-14/h4-5H,1-3H3,(H,18,20). The average Bonchev–Trinajstić information content (AvgIpc) is 2.43. The van der Waals surface area contributed by atoms with Crippen molar-refractivity contribution in [3.8, 4) is 6.07 Å². The molecule has 0 bridgehead atoms. The molecule has 0 spiro atoms. The van der Waals surface area contributed by atoms with Crippen LogP contribution in [0.25, 0.3) is 0 Å². The highest BCUT2D eigenvalue weighted by Gasteiger charge is 2.15. The third-order valence-electron chi connectivity index (χ3n) is 3.09. The summed E-state index contributed by atoms with van der Waals surface area (Å²) < 4.78 is 0. The van der Waals surface area contributed by atoms with E-state index in [0.717, 1.165) is 11.1 Å². The Labute approximate surface area is 127 Å². The third-order valence-corrected chi connectivity index (χ3v) is 3.90. The number of hydrogen-bond acceptors (Lipinski definition) is 4. The first kappa shape index (κ1) is 14.6. The van der Waals surface area contributed by atoms with E-state index in [1.165, 1.54) is 0 Å². The summed E-state index contributed by atoms with van der Waals surface area (Å²) in [4.78, 5) is 0. The van der Waals surface area contributed by atoms with Gasteiger partial charge in [0.05, 0.1) is 21.4 Å². The normalized spacial score (nSPS) is 10.2. The summed E-state index contributed by atoms with van der Waals surface area (Å²) in [6, 6.07) is 5.70. The number of rotatable bonds is 2. The lowest BCUT2D eigenvalue weighted by Gasteiger charge is -2.13. The van der Waals surface area contributed by atoms with Crippen molar-refractivity contribution in [1.29, 1.82) is 5.26 Å². The van der Waals surface area contributed by atoms with Gasteiger partial charge in [0.25, 0.3) is 0 Å². The van der Waals surface area contributed by atoms with Crippen LogP contribution in [0, 0.1) is 32.1 Å².